The van der Waals surface area contributed by atoms with Gasteiger partial charge in [-0.1, -0.05) is 0 Å². The summed E-state index contributed by atoms with van der Waals surface area (Å²) in [5.41, 5.74) is 0. The fourth-order valence-corrected chi connectivity index (χ4v) is 1.40. The van der Waals surface area contributed by atoms with Crippen molar-refractivity contribution in [2.24, 2.45) is 0 Å². The zero-order chi connectivity index (χ0) is 13.0. The van der Waals surface area contributed by atoms with Gasteiger partial charge in [-0.3, -0.25) is 5.10 Å². The van der Waals surface area contributed by atoms with E-state index in [-0.39, 0.29) is 12.1 Å². The molecule has 7 heteroatoms. The molecule has 0 aliphatic rings. The van der Waals surface area contributed by atoms with Gasteiger partial charge < -0.3 is 10.1 Å². The zero-order valence-corrected chi connectivity index (χ0v) is 10.6. The van der Waals surface area contributed by atoms with Gasteiger partial charge in [0.25, 0.3) is 0 Å². The number of hydrogen-bond donors (Lipinski definition) is 2. The molecule has 1 atom stereocenters. The number of anilines is 1. The van der Waals surface area contributed by atoms with Gasteiger partial charge in [-0.2, -0.15) is 10.1 Å². The lowest BCUT2D eigenvalue weighted by atomic mass is 10.3. The summed E-state index contributed by atoms with van der Waals surface area (Å²) >= 11 is 0. The number of ether oxygens (including phenoxy) is 1. The minimum Gasteiger partial charge on any atom is -0.475 e. The summed E-state index contributed by atoms with van der Waals surface area (Å²) in [6, 6.07) is 1.67. The van der Waals surface area contributed by atoms with Crippen LogP contribution in [0.15, 0.2) is 18.6 Å². The van der Waals surface area contributed by atoms with Crippen molar-refractivity contribution in [1.29, 1.82) is 0 Å². The number of aromatic nitrogens is 5. The second-order valence-corrected chi connectivity index (χ2v) is 4.12. The van der Waals surface area contributed by atoms with Crippen LogP contribution in [0.3, 0.4) is 0 Å². The summed E-state index contributed by atoms with van der Waals surface area (Å²) in [7, 11) is 0. The normalized spacial score (nSPS) is 12.4. The third-order valence-corrected chi connectivity index (χ3v) is 2.18. The molecule has 0 aliphatic heterocycles. The van der Waals surface area contributed by atoms with Gasteiger partial charge in [0, 0.05) is 12.3 Å². The predicted molar refractivity (Wildman–Crippen MR) is 66.2 cm³/mol. The Morgan fingerprint density at radius 1 is 1.28 bits per heavy atom. The first-order valence-electron chi connectivity index (χ1n) is 5.76. The molecule has 2 heterocycles. The Bertz CT molecular complexity index is 484. The van der Waals surface area contributed by atoms with Crippen LogP contribution in [0, 0.1) is 0 Å². The smallest absolute Gasteiger partial charge is 0.226 e. The van der Waals surface area contributed by atoms with Crippen molar-refractivity contribution in [2.75, 3.05) is 5.32 Å². The zero-order valence-electron chi connectivity index (χ0n) is 10.6. The van der Waals surface area contributed by atoms with E-state index in [1.165, 1.54) is 6.33 Å². The topological polar surface area (TPSA) is 88.6 Å². The molecule has 0 fully saturated rings. The molecule has 18 heavy (non-hydrogen) atoms. The van der Waals surface area contributed by atoms with E-state index in [1.807, 2.05) is 20.8 Å². The number of rotatable bonds is 5. The van der Waals surface area contributed by atoms with Gasteiger partial charge in [0.1, 0.15) is 12.2 Å². The van der Waals surface area contributed by atoms with E-state index in [0.29, 0.717) is 11.8 Å². The number of hydrogen-bond acceptors (Lipinski definition) is 6. The van der Waals surface area contributed by atoms with E-state index >= 15 is 0 Å². The van der Waals surface area contributed by atoms with Crippen LogP contribution < -0.4 is 10.1 Å². The summed E-state index contributed by atoms with van der Waals surface area (Å²) in [6.45, 7) is 5.85. The van der Waals surface area contributed by atoms with Crippen LogP contribution in [0.4, 0.5) is 5.95 Å². The summed E-state index contributed by atoms with van der Waals surface area (Å²) < 4.78 is 5.50. The lowest BCUT2D eigenvalue weighted by molar-refractivity contribution is 0.232. The minimum absolute atomic E-state index is 0.0539. The van der Waals surface area contributed by atoms with Crippen molar-refractivity contribution in [3.05, 3.63) is 24.4 Å². The molecular weight excluding hydrogens is 232 g/mol. The van der Waals surface area contributed by atoms with Gasteiger partial charge in [-0.15, -0.1) is 0 Å². The van der Waals surface area contributed by atoms with E-state index in [9.17, 15) is 0 Å². The van der Waals surface area contributed by atoms with E-state index in [4.69, 9.17) is 4.74 Å². The second-order valence-electron chi connectivity index (χ2n) is 4.12. The highest BCUT2D eigenvalue weighted by Crippen LogP contribution is 2.15. The molecule has 0 amide bonds. The Morgan fingerprint density at radius 2 is 2.11 bits per heavy atom. The molecule has 2 aromatic rings. The van der Waals surface area contributed by atoms with E-state index in [1.54, 1.807) is 12.3 Å². The van der Waals surface area contributed by atoms with Gasteiger partial charge in [0.05, 0.1) is 12.1 Å². The van der Waals surface area contributed by atoms with Gasteiger partial charge in [-0.25, -0.2) is 9.97 Å². The standard InChI is InChI=1S/C11H16N6O/c1-7(2)18-9-4-5-12-11(16-9)15-8(3)10-13-6-14-17-10/h4-8H,1-3H3,(H,12,15,16)(H,13,14,17). The number of nitrogens with one attached hydrogen (secondary N) is 2. The van der Waals surface area contributed by atoms with Crippen LogP contribution in [-0.2, 0) is 0 Å². The van der Waals surface area contributed by atoms with E-state index in [2.05, 4.69) is 30.5 Å². The lowest BCUT2D eigenvalue weighted by Crippen LogP contribution is -2.12. The SMILES string of the molecule is CC(C)Oc1ccnc(NC(C)c2ncn[nH]2)n1. The van der Waals surface area contributed by atoms with Crippen molar-refractivity contribution < 1.29 is 4.74 Å². The van der Waals surface area contributed by atoms with Crippen LogP contribution in [0.1, 0.15) is 32.6 Å². The summed E-state index contributed by atoms with van der Waals surface area (Å²) in [5.74, 6) is 1.78. The van der Waals surface area contributed by atoms with Crippen LogP contribution in [-0.4, -0.2) is 31.3 Å². The number of H-pyrrole nitrogens is 1. The molecular formula is C11H16N6O. The van der Waals surface area contributed by atoms with Crippen molar-refractivity contribution in [1.82, 2.24) is 25.1 Å². The summed E-state index contributed by atoms with van der Waals surface area (Å²) in [6.07, 6.45) is 3.20. The molecule has 2 N–H and O–H groups in total. The van der Waals surface area contributed by atoms with Crippen LogP contribution in [0.2, 0.25) is 0 Å². The van der Waals surface area contributed by atoms with Crippen LogP contribution in [0.25, 0.3) is 0 Å². The molecule has 7 nitrogen and oxygen atoms in total. The predicted octanol–water partition coefficient (Wildman–Crippen LogP) is 1.55. The Morgan fingerprint density at radius 3 is 2.78 bits per heavy atom. The Labute approximate surface area is 105 Å². The van der Waals surface area contributed by atoms with Crippen LogP contribution in [0.5, 0.6) is 5.88 Å². The number of aromatic amines is 1. The lowest BCUT2D eigenvalue weighted by Gasteiger charge is -2.12. The van der Waals surface area contributed by atoms with E-state index in [0.717, 1.165) is 5.82 Å². The first kappa shape index (κ1) is 12.3. The molecule has 0 spiro atoms. The summed E-state index contributed by atoms with van der Waals surface area (Å²) in [4.78, 5) is 12.5. The molecule has 2 rings (SSSR count). The highest BCUT2D eigenvalue weighted by atomic mass is 16.5. The van der Waals surface area contributed by atoms with Gasteiger partial charge in [-0.05, 0) is 20.8 Å². The number of nitrogens with zero attached hydrogens (tertiary/aromatic N) is 4. The highest BCUT2D eigenvalue weighted by molar-refractivity contribution is 5.29. The molecule has 96 valence electrons. The second kappa shape index (κ2) is 5.44. The third-order valence-electron chi connectivity index (χ3n) is 2.18. The molecule has 1 unspecified atom stereocenters. The molecule has 0 radical (unpaired) electrons. The Balaban J connectivity index is 2.05. The van der Waals surface area contributed by atoms with Gasteiger partial charge in [0.2, 0.25) is 11.8 Å². The van der Waals surface area contributed by atoms with Crippen molar-refractivity contribution in [3.63, 3.8) is 0 Å². The van der Waals surface area contributed by atoms with Crippen molar-refractivity contribution in [3.8, 4) is 5.88 Å². The average Bonchev–Trinajstić information content (AvgIpc) is 2.81. The molecule has 0 saturated carbocycles. The maximum Gasteiger partial charge on any atom is 0.226 e. The first-order chi connectivity index (χ1) is 8.65. The van der Waals surface area contributed by atoms with Gasteiger partial charge >= 0.3 is 0 Å². The fourth-order valence-electron chi connectivity index (χ4n) is 1.40. The highest BCUT2D eigenvalue weighted by Gasteiger charge is 2.10. The molecule has 0 aliphatic carbocycles. The largest absolute Gasteiger partial charge is 0.475 e. The Kier molecular flexibility index (Phi) is 3.71. The molecule has 0 bridgehead atoms. The first-order valence-corrected chi connectivity index (χ1v) is 5.76. The quantitative estimate of drug-likeness (QED) is 0.834. The maximum absolute atomic E-state index is 5.50. The third kappa shape index (κ3) is 3.16. The monoisotopic (exact) mass is 248 g/mol. The molecule has 0 aromatic carbocycles. The summed E-state index contributed by atoms with van der Waals surface area (Å²) in [5, 5.41) is 9.72. The van der Waals surface area contributed by atoms with Crippen LogP contribution >= 0.6 is 0 Å². The van der Waals surface area contributed by atoms with Crippen molar-refractivity contribution in [2.45, 2.75) is 32.9 Å². The Hall–Kier alpha value is -2.18. The maximum atomic E-state index is 5.50. The molecule has 0 saturated heterocycles. The fraction of sp³-hybridized carbons (Fsp3) is 0.455. The van der Waals surface area contributed by atoms with E-state index < -0.39 is 0 Å². The molecule has 2 aromatic heterocycles. The minimum atomic E-state index is -0.0539. The average molecular weight is 248 g/mol. The van der Waals surface area contributed by atoms with Crippen molar-refractivity contribution >= 4 is 5.95 Å². The van der Waals surface area contributed by atoms with Gasteiger partial charge in [0.15, 0.2) is 0 Å².